The number of rotatable bonds is 4. The fraction of sp³-hybridized carbons (Fsp3) is 0.600. The van der Waals surface area contributed by atoms with Crippen molar-refractivity contribution in [3.8, 4) is 0 Å². The summed E-state index contributed by atoms with van der Waals surface area (Å²) in [4.78, 5) is 21.1. The maximum atomic E-state index is 11.7. The number of thiophene rings is 1. The van der Waals surface area contributed by atoms with Crippen LogP contribution < -0.4 is 5.32 Å². The Hall–Kier alpha value is -1.60. The Kier molecular flexibility index (Phi) is 6.21. The van der Waals surface area contributed by atoms with Crippen molar-refractivity contribution in [3.05, 3.63) is 22.4 Å². The van der Waals surface area contributed by atoms with Crippen LogP contribution in [-0.2, 0) is 11.3 Å². The van der Waals surface area contributed by atoms with Crippen LogP contribution in [0.2, 0.25) is 0 Å². The maximum absolute atomic E-state index is 11.7. The van der Waals surface area contributed by atoms with Gasteiger partial charge in [0, 0.05) is 32.1 Å². The van der Waals surface area contributed by atoms with Crippen molar-refractivity contribution >= 4 is 23.2 Å². The number of aliphatic hydroxyl groups is 1. The van der Waals surface area contributed by atoms with Gasteiger partial charge in [0.1, 0.15) is 6.54 Å². The van der Waals surface area contributed by atoms with Gasteiger partial charge in [0.25, 0.3) is 0 Å². The number of aliphatic hydroxyl groups excluding tert-OH is 1. The zero-order valence-electron chi connectivity index (χ0n) is 13.2. The molecule has 0 atom stereocenters. The van der Waals surface area contributed by atoms with E-state index in [0.29, 0.717) is 6.54 Å². The number of aliphatic imine (C=N–C) groups is 1. The molecule has 0 unspecified atom stereocenters. The minimum atomic E-state index is -0.224. The van der Waals surface area contributed by atoms with E-state index in [1.165, 1.54) is 4.88 Å². The van der Waals surface area contributed by atoms with Crippen LogP contribution >= 0.6 is 11.3 Å². The van der Waals surface area contributed by atoms with Crippen molar-refractivity contribution in [2.45, 2.75) is 25.5 Å². The lowest BCUT2D eigenvalue weighted by molar-refractivity contribution is -0.127. The number of nitrogens with one attached hydrogen (secondary N) is 1. The average molecular weight is 324 g/mol. The predicted molar refractivity (Wildman–Crippen MR) is 89.0 cm³/mol. The number of amides is 1. The van der Waals surface area contributed by atoms with E-state index in [1.54, 1.807) is 30.3 Å². The lowest BCUT2D eigenvalue weighted by Gasteiger charge is -2.32. The molecule has 0 saturated carbocycles. The van der Waals surface area contributed by atoms with Gasteiger partial charge in [-0.25, -0.2) is 4.99 Å². The molecule has 0 aliphatic carbocycles. The van der Waals surface area contributed by atoms with E-state index in [9.17, 15) is 9.90 Å². The summed E-state index contributed by atoms with van der Waals surface area (Å²) in [7, 11) is 3.46. The number of carbonyl (C=O) groups is 1. The van der Waals surface area contributed by atoms with Gasteiger partial charge in [-0.3, -0.25) is 4.79 Å². The summed E-state index contributed by atoms with van der Waals surface area (Å²) >= 11 is 1.69. The Morgan fingerprint density at radius 2 is 2.23 bits per heavy atom. The van der Waals surface area contributed by atoms with Crippen molar-refractivity contribution in [1.29, 1.82) is 0 Å². The van der Waals surface area contributed by atoms with E-state index < -0.39 is 0 Å². The van der Waals surface area contributed by atoms with Gasteiger partial charge in [0.2, 0.25) is 5.91 Å². The number of hydrogen-bond acceptors (Lipinski definition) is 4. The van der Waals surface area contributed by atoms with Crippen molar-refractivity contribution in [2.24, 2.45) is 4.99 Å². The lowest BCUT2D eigenvalue weighted by atomic mass is 10.1. The number of piperidine rings is 1. The molecular formula is C15H24N4O2S. The summed E-state index contributed by atoms with van der Waals surface area (Å²) in [5.74, 6) is 0.725. The predicted octanol–water partition coefficient (Wildman–Crippen LogP) is 0.739. The number of hydrogen-bond donors (Lipinski definition) is 2. The van der Waals surface area contributed by atoms with Gasteiger partial charge >= 0.3 is 0 Å². The van der Waals surface area contributed by atoms with Crippen molar-refractivity contribution in [3.63, 3.8) is 0 Å². The first-order valence-electron chi connectivity index (χ1n) is 7.50. The summed E-state index contributed by atoms with van der Waals surface area (Å²) in [6.45, 7) is 2.35. The SMILES string of the molecule is CN(C)C(=O)CN=C(NCc1cccs1)N1CCC(O)CC1. The Morgan fingerprint density at radius 1 is 1.50 bits per heavy atom. The Bertz CT molecular complexity index is 494. The molecule has 1 aromatic rings. The van der Waals surface area contributed by atoms with E-state index >= 15 is 0 Å². The van der Waals surface area contributed by atoms with Crippen molar-refractivity contribution in [1.82, 2.24) is 15.1 Å². The third-order valence-corrected chi connectivity index (χ3v) is 4.50. The van der Waals surface area contributed by atoms with E-state index in [2.05, 4.69) is 21.3 Å². The van der Waals surface area contributed by atoms with Gasteiger partial charge in [0.05, 0.1) is 12.6 Å². The van der Waals surface area contributed by atoms with Crippen LogP contribution in [0.3, 0.4) is 0 Å². The highest BCUT2D eigenvalue weighted by Crippen LogP contribution is 2.11. The van der Waals surface area contributed by atoms with Crippen LogP contribution in [0, 0.1) is 0 Å². The second-order valence-electron chi connectivity index (χ2n) is 5.58. The van der Waals surface area contributed by atoms with Crippen LogP contribution in [0.5, 0.6) is 0 Å². The first-order chi connectivity index (χ1) is 10.6. The zero-order chi connectivity index (χ0) is 15.9. The largest absolute Gasteiger partial charge is 0.393 e. The highest BCUT2D eigenvalue weighted by Gasteiger charge is 2.20. The molecule has 2 heterocycles. The highest BCUT2D eigenvalue weighted by atomic mass is 32.1. The summed E-state index contributed by atoms with van der Waals surface area (Å²) in [5, 5.41) is 15.0. The molecule has 7 heteroatoms. The molecule has 1 saturated heterocycles. The Balaban J connectivity index is 1.99. The van der Waals surface area contributed by atoms with Crippen LogP contribution in [-0.4, -0.2) is 66.6 Å². The zero-order valence-corrected chi connectivity index (χ0v) is 14.0. The third-order valence-electron chi connectivity index (χ3n) is 3.63. The summed E-state index contributed by atoms with van der Waals surface area (Å²) in [6.07, 6.45) is 1.25. The molecule has 0 bridgehead atoms. The molecule has 1 aromatic heterocycles. The van der Waals surface area contributed by atoms with Gasteiger partial charge in [-0.15, -0.1) is 11.3 Å². The minimum Gasteiger partial charge on any atom is -0.393 e. The molecule has 1 aliphatic rings. The molecule has 0 aromatic carbocycles. The maximum Gasteiger partial charge on any atom is 0.243 e. The molecule has 6 nitrogen and oxygen atoms in total. The standard InChI is InChI=1S/C15H24N4O2S/c1-18(2)14(21)11-17-15(16-10-13-4-3-9-22-13)19-7-5-12(20)6-8-19/h3-4,9,12,20H,5-8,10-11H2,1-2H3,(H,16,17). The molecule has 22 heavy (non-hydrogen) atoms. The van der Waals surface area contributed by atoms with Crippen LogP contribution in [0.1, 0.15) is 17.7 Å². The Labute approximate surface area is 135 Å². The second kappa shape index (κ2) is 8.14. The third kappa shape index (κ3) is 4.99. The molecule has 1 amide bonds. The van der Waals surface area contributed by atoms with E-state index in [4.69, 9.17) is 0 Å². The Morgan fingerprint density at radius 3 is 2.82 bits per heavy atom. The summed E-state index contributed by atoms with van der Waals surface area (Å²) in [6, 6.07) is 4.09. The smallest absolute Gasteiger partial charge is 0.243 e. The number of likely N-dealkylation sites (tertiary alicyclic amines) is 1. The van der Waals surface area contributed by atoms with Crippen molar-refractivity contribution in [2.75, 3.05) is 33.7 Å². The van der Waals surface area contributed by atoms with Gasteiger partial charge in [-0.05, 0) is 24.3 Å². The molecule has 2 rings (SSSR count). The average Bonchev–Trinajstić information content (AvgIpc) is 3.01. The van der Waals surface area contributed by atoms with E-state index in [0.717, 1.165) is 31.9 Å². The minimum absolute atomic E-state index is 0.0209. The first kappa shape index (κ1) is 16.8. The molecule has 1 fully saturated rings. The summed E-state index contributed by atoms with van der Waals surface area (Å²) < 4.78 is 0. The number of nitrogens with zero attached hydrogens (tertiary/aromatic N) is 3. The molecular weight excluding hydrogens is 300 g/mol. The fourth-order valence-corrected chi connectivity index (χ4v) is 2.85. The number of likely N-dealkylation sites (N-methyl/N-ethyl adjacent to an activating group) is 1. The molecule has 0 radical (unpaired) electrons. The van der Waals surface area contributed by atoms with Crippen LogP contribution in [0.15, 0.2) is 22.5 Å². The van der Waals surface area contributed by atoms with Gasteiger partial charge in [-0.1, -0.05) is 6.07 Å². The quantitative estimate of drug-likeness (QED) is 0.633. The lowest BCUT2D eigenvalue weighted by Crippen LogP contribution is -2.46. The monoisotopic (exact) mass is 324 g/mol. The molecule has 0 spiro atoms. The van der Waals surface area contributed by atoms with E-state index in [1.807, 2.05) is 11.4 Å². The van der Waals surface area contributed by atoms with Gasteiger partial charge in [0.15, 0.2) is 5.96 Å². The topological polar surface area (TPSA) is 68.2 Å². The van der Waals surface area contributed by atoms with Crippen LogP contribution in [0.25, 0.3) is 0 Å². The van der Waals surface area contributed by atoms with Gasteiger partial charge < -0.3 is 20.2 Å². The molecule has 2 N–H and O–H groups in total. The van der Waals surface area contributed by atoms with Crippen molar-refractivity contribution < 1.29 is 9.90 Å². The highest BCUT2D eigenvalue weighted by molar-refractivity contribution is 7.09. The van der Waals surface area contributed by atoms with Crippen LogP contribution in [0.4, 0.5) is 0 Å². The van der Waals surface area contributed by atoms with Gasteiger partial charge in [-0.2, -0.15) is 0 Å². The second-order valence-corrected chi connectivity index (χ2v) is 6.61. The van der Waals surface area contributed by atoms with E-state index in [-0.39, 0.29) is 18.6 Å². The fourth-order valence-electron chi connectivity index (χ4n) is 2.21. The molecule has 1 aliphatic heterocycles. The number of carbonyl (C=O) groups excluding carboxylic acids is 1. The normalized spacial score (nSPS) is 16.7. The molecule has 122 valence electrons. The number of guanidine groups is 1. The first-order valence-corrected chi connectivity index (χ1v) is 8.38. The summed E-state index contributed by atoms with van der Waals surface area (Å²) in [5.41, 5.74) is 0.